The number of hydrogen-bond donors (Lipinski definition) is 3. The first-order chi connectivity index (χ1) is 10.0. The third-order valence-electron chi connectivity index (χ3n) is 4.00. The lowest BCUT2D eigenvalue weighted by atomic mass is 10.0. The number of nitrogens with one attached hydrogen (secondary N) is 1. The van der Waals surface area contributed by atoms with Gasteiger partial charge >= 0.3 is 6.03 Å². The molecule has 1 saturated heterocycles. The van der Waals surface area contributed by atoms with Crippen molar-refractivity contribution in [2.24, 2.45) is 11.7 Å². The number of amides is 3. The normalized spacial score (nSPS) is 21.3. The van der Waals surface area contributed by atoms with E-state index in [0.29, 0.717) is 24.6 Å². The van der Waals surface area contributed by atoms with E-state index in [1.54, 1.807) is 29.2 Å². The number of primary amides is 1. The molecule has 21 heavy (non-hydrogen) atoms. The van der Waals surface area contributed by atoms with E-state index in [1.807, 2.05) is 6.92 Å². The predicted molar refractivity (Wildman–Crippen MR) is 78.6 cm³/mol. The number of carbonyl (C=O) groups is 2. The van der Waals surface area contributed by atoms with Gasteiger partial charge in [0, 0.05) is 18.7 Å². The van der Waals surface area contributed by atoms with Crippen molar-refractivity contribution in [3.8, 4) is 0 Å². The Bertz CT molecular complexity index is 515. The molecule has 3 amide bonds. The lowest BCUT2D eigenvalue weighted by Gasteiger charge is -2.25. The van der Waals surface area contributed by atoms with Gasteiger partial charge in [0.2, 0.25) is 0 Å². The molecule has 2 atom stereocenters. The molecule has 2 unspecified atom stereocenters. The zero-order valence-corrected chi connectivity index (χ0v) is 12.1. The SMILES string of the molecule is CC1CCN(C(=O)c2ccc(CNC(N)=O)cc2)C1CO. The van der Waals surface area contributed by atoms with E-state index >= 15 is 0 Å². The summed E-state index contributed by atoms with van der Waals surface area (Å²) in [5.41, 5.74) is 6.47. The summed E-state index contributed by atoms with van der Waals surface area (Å²) >= 11 is 0. The molecule has 6 heteroatoms. The lowest BCUT2D eigenvalue weighted by molar-refractivity contribution is 0.0648. The van der Waals surface area contributed by atoms with Crippen LogP contribution in [0.3, 0.4) is 0 Å². The Hall–Kier alpha value is -2.08. The summed E-state index contributed by atoms with van der Waals surface area (Å²) in [6.45, 7) is 3.06. The standard InChI is InChI=1S/C15H21N3O3/c1-10-6-7-18(13(10)9-19)14(20)12-4-2-11(3-5-12)8-17-15(16)21/h2-5,10,13,19H,6-9H2,1H3,(H3,16,17,21). The minimum atomic E-state index is -0.577. The molecule has 0 bridgehead atoms. The Morgan fingerprint density at radius 3 is 2.62 bits per heavy atom. The molecule has 0 aliphatic carbocycles. The van der Waals surface area contributed by atoms with Gasteiger partial charge in [-0.15, -0.1) is 0 Å². The van der Waals surface area contributed by atoms with Gasteiger partial charge in [0.25, 0.3) is 5.91 Å². The quantitative estimate of drug-likeness (QED) is 0.762. The van der Waals surface area contributed by atoms with Crippen LogP contribution in [0.4, 0.5) is 4.79 Å². The zero-order valence-electron chi connectivity index (χ0n) is 12.1. The Kier molecular flexibility index (Phi) is 4.80. The first-order valence-electron chi connectivity index (χ1n) is 7.07. The van der Waals surface area contributed by atoms with Crippen LogP contribution in [-0.2, 0) is 6.54 Å². The largest absolute Gasteiger partial charge is 0.394 e. The van der Waals surface area contributed by atoms with E-state index in [-0.39, 0.29) is 18.6 Å². The van der Waals surface area contributed by atoms with Crippen molar-refractivity contribution >= 4 is 11.9 Å². The van der Waals surface area contributed by atoms with Gasteiger partial charge in [0.05, 0.1) is 12.6 Å². The van der Waals surface area contributed by atoms with Crippen molar-refractivity contribution in [3.63, 3.8) is 0 Å². The molecule has 1 aromatic rings. The Morgan fingerprint density at radius 2 is 2.05 bits per heavy atom. The minimum Gasteiger partial charge on any atom is -0.394 e. The number of rotatable bonds is 4. The summed E-state index contributed by atoms with van der Waals surface area (Å²) in [5.74, 6) is 0.255. The van der Waals surface area contributed by atoms with Gasteiger partial charge in [-0.3, -0.25) is 4.79 Å². The molecule has 1 aliphatic heterocycles. The fourth-order valence-electron chi connectivity index (χ4n) is 2.66. The van der Waals surface area contributed by atoms with E-state index in [4.69, 9.17) is 5.73 Å². The number of aliphatic hydroxyl groups excluding tert-OH is 1. The zero-order chi connectivity index (χ0) is 15.4. The van der Waals surface area contributed by atoms with Crippen LogP contribution in [0.2, 0.25) is 0 Å². The van der Waals surface area contributed by atoms with E-state index < -0.39 is 6.03 Å². The van der Waals surface area contributed by atoms with Gasteiger partial charge in [-0.25, -0.2) is 4.79 Å². The van der Waals surface area contributed by atoms with Crippen molar-refractivity contribution in [2.75, 3.05) is 13.2 Å². The average molecular weight is 291 g/mol. The van der Waals surface area contributed by atoms with Gasteiger partial charge in [-0.05, 0) is 30.0 Å². The number of nitrogens with two attached hydrogens (primary N) is 1. The van der Waals surface area contributed by atoms with Crippen molar-refractivity contribution in [2.45, 2.75) is 25.9 Å². The Morgan fingerprint density at radius 1 is 1.38 bits per heavy atom. The topological polar surface area (TPSA) is 95.7 Å². The number of hydrogen-bond acceptors (Lipinski definition) is 3. The van der Waals surface area contributed by atoms with Crippen LogP contribution in [-0.4, -0.2) is 41.1 Å². The first kappa shape index (κ1) is 15.3. The Balaban J connectivity index is 2.04. The fourth-order valence-corrected chi connectivity index (χ4v) is 2.66. The van der Waals surface area contributed by atoms with Crippen molar-refractivity contribution in [3.05, 3.63) is 35.4 Å². The molecule has 114 valence electrons. The van der Waals surface area contributed by atoms with E-state index in [2.05, 4.69) is 5.32 Å². The molecule has 1 aliphatic rings. The maximum Gasteiger partial charge on any atom is 0.312 e. The molecule has 0 spiro atoms. The number of nitrogens with zero attached hydrogens (tertiary/aromatic N) is 1. The molecule has 1 aromatic carbocycles. The number of aliphatic hydroxyl groups is 1. The summed E-state index contributed by atoms with van der Waals surface area (Å²) in [6.07, 6.45) is 0.914. The fraction of sp³-hybridized carbons (Fsp3) is 0.467. The van der Waals surface area contributed by atoms with Gasteiger partial charge < -0.3 is 21.1 Å². The van der Waals surface area contributed by atoms with Crippen molar-refractivity contribution in [1.29, 1.82) is 0 Å². The summed E-state index contributed by atoms with van der Waals surface area (Å²) in [4.78, 5) is 24.9. The van der Waals surface area contributed by atoms with E-state index in [0.717, 1.165) is 12.0 Å². The summed E-state index contributed by atoms with van der Waals surface area (Å²) in [7, 11) is 0. The highest BCUT2D eigenvalue weighted by Gasteiger charge is 2.34. The highest BCUT2D eigenvalue weighted by Crippen LogP contribution is 2.25. The van der Waals surface area contributed by atoms with Gasteiger partial charge in [-0.2, -0.15) is 0 Å². The van der Waals surface area contributed by atoms with Crippen LogP contribution in [0.15, 0.2) is 24.3 Å². The van der Waals surface area contributed by atoms with Crippen LogP contribution < -0.4 is 11.1 Å². The molecule has 0 radical (unpaired) electrons. The second-order valence-electron chi connectivity index (χ2n) is 5.43. The van der Waals surface area contributed by atoms with Gasteiger partial charge in [0.15, 0.2) is 0 Å². The monoisotopic (exact) mass is 291 g/mol. The van der Waals surface area contributed by atoms with E-state index in [1.165, 1.54) is 0 Å². The van der Waals surface area contributed by atoms with Crippen molar-refractivity contribution < 1.29 is 14.7 Å². The van der Waals surface area contributed by atoms with Crippen LogP contribution in [0, 0.1) is 5.92 Å². The first-order valence-corrected chi connectivity index (χ1v) is 7.07. The number of likely N-dealkylation sites (tertiary alicyclic amines) is 1. The summed E-state index contributed by atoms with van der Waals surface area (Å²) in [5, 5.41) is 11.9. The molecule has 4 N–H and O–H groups in total. The third-order valence-corrected chi connectivity index (χ3v) is 4.00. The number of benzene rings is 1. The Labute approximate surface area is 123 Å². The van der Waals surface area contributed by atoms with Crippen LogP contribution in [0.25, 0.3) is 0 Å². The number of carbonyl (C=O) groups excluding carboxylic acids is 2. The molecule has 0 aromatic heterocycles. The highest BCUT2D eigenvalue weighted by atomic mass is 16.3. The van der Waals surface area contributed by atoms with Crippen LogP contribution in [0.1, 0.15) is 29.3 Å². The second kappa shape index (κ2) is 6.58. The molecular formula is C15H21N3O3. The average Bonchev–Trinajstić information content (AvgIpc) is 2.85. The van der Waals surface area contributed by atoms with Crippen LogP contribution in [0.5, 0.6) is 0 Å². The molecule has 1 heterocycles. The molecule has 1 fully saturated rings. The lowest BCUT2D eigenvalue weighted by Crippen LogP contribution is -2.39. The number of urea groups is 1. The molecular weight excluding hydrogens is 270 g/mol. The van der Waals surface area contributed by atoms with Gasteiger partial charge in [-0.1, -0.05) is 19.1 Å². The molecule has 0 saturated carbocycles. The summed E-state index contributed by atoms with van der Waals surface area (Å²) in [6, 6.07) is 6.36. The maximum absolute atomic E-state index is 12.5. The molecule has 2 rings (SSSR count). The predicted octanol–water partition coefficient (Wildman–Crippen LogP) is 0.698. The van der Waals surface area contributed by atoms with Gasteiger partial charge in [0.1, 0.15) is 0 Å². The second-order valence-corrected chi connectivity index (χ2v) is 5.43. The maximum atomic E-state index is 12.5. The summed E-state index contributed by atoms with van der Waals surface area (Å²) < 4.78 is 0. The van der Waals surface area contributed by atoms with Crippen LogP contribution >= 0.6 is 0 Å². The highest BCUT2D eigenvalue weighted by molar-refractivity contribution is 5.94. The smallest absolute Gasteiger partial charge is 0.312 e. The third kappa shape index (κ3) is 3.52. The molecule has 6 nitrogen and oxygen atoms in total. The minimum absolute atomic E-state index is 0.00643. The van der Waals surface area contributed by atoms with E-state index in [9.17, 15) is 14.7 Å². The van der Waals surface area contributed by atoms with Crippen molar-refractivity contribution in [1.82, 2.24) is 10.2 Å².